The zero-order valence-electron chi connectivity index (χ0n) is 14.9. The van der Waals surface area contributed by atoms with Gasteiger partial charge < -0.3 is 10.2 Å². The topological polar surface area (TPSA) is 75.3 Å². The standard InChI is InChI=1S/C20H21ClN2O3/c1-4-15(24)17-16(25)10-9-14-18(17)22-19(11(2)3)23(20(14)26)13-7-5-12(21)6-8-13/h5-11,15,24-25H,4H2,1-3H3. The van der Waals surface area contributed by atoms with Crippen molar-refractivity contribution in [2.45, 2.75) is 39.2 Å². The van der Waals surface area contributed by atoms with Crippen molar-refractivity contribution in [3.05, 3.63) is 63.2 Å². The number of aromatic nitrogens is 2. The second-order valence-corrected chi connectivity index (χ2v) is 7.00. The van der Waals surface area contributed by atoms with Gasteiger partial charge >= 0.3 is 0 Å². The fraction of sp³-hybridized carbons (Fsp3) is 0.300. The summed E-state index contributed by atoms with van der Waals surface area (Å²) < 4.78 is 1.56. The average molecular weight is 373 g/mol. The molecule has 136 valence electrons. The number of phenols is 1. The third kappa shape index (κ3) is 3.08. The Balaban J connectivity index is 2.42. The first-order valence-electron chi connectivity index (χ1n) is 8.57. The van der Waals surface area contributed by atoms with Gasteiger partial charge in [0.1, 0.15) is 11.6 Å². The molecule has 0 bridgehead atoms. The van der Waals surface area contributed by atoms with Crippen LogP contribution < -0.4 is 5.56 Å². The molecule has 1 atom stereocenters. The zero-order valence-corrected chi connectivity index (χ0v) is 15.7. The van der Waals surface area contributed by atoms with E-state index in [2.05, 4.69) is 4.98 Å². The largest absolute Gasteiger partial charge is 0.507 e. The maximum atomic E-state index is 13.2. The molecule has 2 aromatic carbocycles. The van der Waals surface area contributed by atoms with Crippen LogP contribution >= 0.6 is 11.6 Å². The summed E-state index contributed by atoms with van der Waals surface area (Å²) >= 11 is 5.97. The van der Waals surface area contributed by atoms with E-state index in [1.54, 1.807) is 41.8 Å². The van der Waals surface area contributed by atoms with E-state index in [1.165, 1.54) is 6.07 Å². The number of fused-ring (bicyclic) bond motifs is 1. The summed E-state index contributed by atoms with van der Waals surface area (Å²) in [5.41, 5.74) is 1.07. The lowest BCUT2D eigenvalue weighted by molar-refractivity contribution is 0.171. The number of phenolic OH excluding ortho intramolecular Hbond substituents is 1. The van der Waals surface area contributed by atoms with E-state index >= 15 is 0 Å². The Hall–Kier alpha value is -2.37. The quantitative estimate of drug-likeness (QED) is 0.715. The predicted molar refractivity (Wildman–Crippen MR) is 103 cm³/mol. The van der Waals surface area contributed by atoms with Gasteiger partial charge in [0.15, 0.2) is 0 Å². The molecule has 1 aromatic heterocycles. The molecule has 26 heavy (non-hydrogen) atoms. The molecule has 0 aliphatic heterocycles. The van der Waals surface area contributed by atoms with Crippen LogP contribution in [0.1, 0.15) is 50.6 Å². The Morgan fingerprint density at radius 2 is 1.81 bits per heavy atom. The molecule has 2 N–H and O–H groups in total. The number of halogens is 1. The van der Waals surface area contributed by atoms with Gasteiger partial charge in [-0.05, 0) is 42.8 Å². The SMILES string of the molecule is CCC(O)c1c(O)ccc2c(=O)n(-c3ccc(Cl)cc3)c(C(C)C)nc12. The summed E-state index contributed by atoms with van der Waals surface area (Å²) in [5.74, 6) is 0.453. The van der Waals surface area contributed by atoms with Crippen molar-refractivity contribution in [3.8, 4) is 11.4 Å². The lowest BCUT2D eigenvalue weighted by atomic mass is 10.0. The average Bonchev–Trinajstić information content (AvgIpc) is 2.61. The van der Waals surface area contributed by atoms with Crippen molar-refractivity contribution in [3.63, 3.8) is 0 Å². The van der Waals surface area contributed by atoms with Crippen molar-refractivity contribution >= 4 is 22.5 Å². The third-order valence-corrected chi connectivity index (χ3v) is 4.66. The van der Waals surface area contributed by atoms with Crippen LogP contribution in [0, 0.1) is 0 Å². The molecule has 1 heterocycles. The van der Waals surface area contributed by atoms with Gasteiger partial charge in [0.2, 0.25) is 0 Å². The Kier molecular flexibility index (Phi) is 5.03. The zero-order chi connectivity index (χ0) is 19.0. The van der Waals surface area contributed by atoms with E-state index in [9.17, 15) is 15.0 Å². The van der Waals surface area contributed by atoms with Gasteiger partial charge in [0.05, 0.1) is 22.7 Å². The summed E-state index contributed by atoms with van der Waals surface area (Å²) in [6.45, 7) is 5.69. The minimum absolute atomic E-state index is 0.0447. The molecule has 3 aromatic rings. The number of aliphatic hydroxyl groups excluding tert-OH is 1. The van der Waals surface area contributed by atoms with E-state index in [-0.39, 0.29) is 17.2 Å². The molecule has 0 aliphatic rings. The van der Waals surface area contributed by atoms with E-state index in [0.717, 1.165) is 0 Å². The van der Waals surface area contributed by atoms with Gasteiger partial charge in [-0.15, -0.1) is 0 Å². The highest BCUT2D eigenvalue weighted by molar-refractivity contribution is 6.30. The van der Waals surface area contributed by atoms with E-state index in [0.29, 0.717) is 39.4 Å². The Morgan fingerprint density at radius 1 is 1.15 bits per heavy atom. The monoisotopic (exact) mass is 372 g/mol. The maximum Gasteiger partial charge on any atom is 0.265 e. The van der Waals surface area contributed by atoms with Crippen LogP contribution in [0.4, 0.5) is 0 Å². The van der Waals surface area contributed by atoms with Gasteiger partial charge in [-0.2, -0.15) is 0 Å². The van der Waals surface area contributed by atoms with Crippen molar-refractivity contribution in [2.24, 2.45) is 0 Å². The first-order valence-corrected chi connectivity index (χ1v) is 8.95. The fourth-order valence-electron chi connectivity index (χ4n) is 3.04. The highest BCUT2D eigenvalue weighted by atomic mass is 35.5. The number of aromatic hydroxyl groups is 1. The second-order valence-electron chi connectivity index (χ2n) is 6.56. The number of nitrogens with zero attached hydrogens (tertiary/aromatic N) is 2. The summed E-state index contributed by atoms with van der Waals surface area (Å²) in [6.07, 6.45) is -0.483. The lowest BCUT2D eigenvalue weighted by Crippen LogP contribution is -2.25. The molecule has 0 radical (unpaired) electrons. The molecule has 0 amide bonds. The Morgan fingerprint density at radius 3 is 2.38 bits per heavy atom. The molecule has 0 spiro atoms. The van der Waals surface area contributed by atoms with Crippen molar-refractivity contribution in [2.75, 3.05) is 0 Å². The second kappa shape index (κ2) is 7.09. The van der Waals surface area contributed by atoms with E-state index in [4.69, 9.17) is 11.6 Å². The normalized spacial score (nSPS) is 12.7. The molecule has 3 rings (SSSR count). The number of hydrogen-bond donors (Lipinski definition) is 2. The number of rotatable bonds is 4. The summed E-state index contributed by atoms with van der Waals surface area (Å²) in [7, 11) is 0. The molecule has 0 saturated heterocycles. The summed E-state index contributed by atoms with van der Waals surface area (Å²) in [6, 6.07) is 9.96. The highest BCUT2D eigenvalue weighted by Crippen LogP contribution is 2.33. The third-order valence-electron chi connectivity index (χ3n) is 4.40. The van der Waals surface area contributed by atoms with Crippen molar-refractivity contribution in [1.82, 2.24) is 9.55 Å². The lowest BCUT2D eigenvalue weighted by Gasteiger charge is -2.19. The number of aliphatic hydroxyl groups is 1. The molecule has 5 nitrogen and oxygen atoms in total. The van der Waals surface area contributed by atoms with Crippen molar-refractivity contribution in [1.29, 1.82) is 0 Å². The van der Waals surface area contributed by atoms with Crippen LogP contribution in [0.3, 0.4) is 0 Å². The molecule has 6 heteroatoms. The Bertz CT molecular complexity index is 1010. The summed E-state index contributed by atoms with van der Waals surface area (Å²) in [5, 5.41) is 21.5. The molecular weight excluding hydrogens is 352 g/mol. The fourth-order valence-corrected chi connectivity index (χ4v) is 3.17. The minimum Gasteiger partial charge on any atom is -0.507 e. The van der Waals surface area contributed by atoms with Gasteiger partial charge in [0.25, 0.3) is 5.56 Å². The first-order chi connectivity index (χ1) is 12.3. The number of hydrogen-bond acceptors (Lipinski definition) is 4. The molecule has 0 aliphatic carbocycles. The van der Waals surface area contributed by atoms with Gasteiger partial charge in [-0.25, -0.2) is 4.98 Å². The van der Waals surface area contributed by atoms with Crippen LogP contribution in [-0.2, 0) is 0 Å². The van der Waals surface area contributed by atoms with Gasteiger partial charge in [-0.1, -0.05) is 32.4 Å². The van der Waals surface area contributed by atoms with Crippen LogP contribution in [0.25, 0.3) is 16.6 Å². The molecule has 0 fully saturated rings. The smallest absolute Gasteiger partial charge is 0.265 e. The van der Waals surface area contributed by atoms with E-state index in [1.807, 2.05) is 13.8 Å². The highest BCUT2D eigenvalue weighted by Gasteiger charge is 2.21. The molecule has 0 saturated carbocycles. The van der Waals surface area contributed by atoms with Crippen LogP contribution in [-0.4, -0.2) is 19.8 Å². The molecular formula is C20H21ClN2O3. The van der Waals surface area contributed by atoms with Gasteiger partial charge in [0, 0.05) is 16.5 Å². The summed E-state index contributed by atoms with van der Waals surface area (Å²) in [4.78, 5) is 17.9. The van der Waals surface area contributed by atoms with Crippen LogP contribution in [0.5, 0.6) is 5.75 Å². The Labute approximate surface area is 156 Å². The maximum absolute atomic E-state index is 13.2. The van der Waals surface area contributed by atoms with E-state index < -0.39 is 6.10 Å². The first kappa shape index (κ1) is 18.4. The predicted octanol–water partition coefficient (Wildman–Crippen LogP) is 4.31. The van der Waals surface area contributed by atoms with Gasteiger partial charge in [-0.3, -0.25) is 9.36 Å². The minimum atomic E-state index is -0.892. The van der Waals surface area contributed by atoms with Crippen LogP contribution in [0.15, 0.2) is 41.2 Å². The molecule has 1 unspecified atom stereocenters. The number of benzene rings is 2. The van der Waals surface area contributed by atoms with Crippen LogP contribution in [0.2, 0.25) is 5.02 Å². The van der Waals surface area contributed by atoms with Crippen molar-refractivity contribution < 1.29 is 10.2 Å².